The van der Waals surface area contributed by atoms with Gasteiger partial charge in [0.2, 0.25) is 5.96 Å². The molecule has 106 valence electrons. The molecule has 0 aromatic heterocycles. The predicted molar refractivity (Wildman–Crippen MR) is 84.0 cm³/mol. The van der Waals surface area contributed by atoms with Crippen molar-refractivity contribution in [2.24, 2.45) is 4.99 Å². The number of aryl methyl sites for hydroxylation is 1. The van der Waals surface area contributed by atoms with Gasteiger partial charge < -0.3 is 4.90 Å². The summed E-state index contributed by atoms with van der Waals surface area (Å²) in [6.45, 7) is 1.50. The van der Waals surface area contributed by atoms with Crippen LogP contribution in [0.2, 0.25) is 0 Å². The Labute approximate surface area is 123 Å². The van der Waals surface area contributed by atoms with E-state index < -0.39 is 0 Å². The number of fused-ring (bicyclic) bond motifs is 2. The number of hydrogen-bond donors (Lipinski definition) is 1. The Morgan fingerprint density at radius 1 is 0.905 bits per heavy atom. The Morgan fingerprint density at radius 2 is 1.62 bits per heavy atom. The summed E-state index contributed by atoms with van der Waals surface area (Å²) in [5.41, 5.74) is 4.35. The Kier molecular flexibility index (Phi) is 2.89. The highest BCUT2D eigenvalue weighted by Crippen LogP contribution is 2.31. The lowest BCUT2D eigenvalue weighted by Crippen LogP contribution is -2.47. The summed E-state index contributed by atoms with van der Waals surface area (Å²) in [4.78, 5) is 6.71. The fourth-order valence-electron chi connectivity index (χ4n) is 3.12. The molecule has 4 rings (SSSR count). The average Bonchev–Trinajstić information content (AvgIpc) is 2.55. The molecule has 0 saturated carbocycles. The third kappa shape index (κ3) is 1.99. The minimum absolute atomic E-state index is 0.612. The van der Waals surface area contributed by atoms with Crippen LogP contribution in [-0.2, 0) is 13.0 Å². The normalized spacial score (nSPS) is 17.1. The Hall–Kier alpha value is -2.33. The molecule has 2 aromatic rings. The van der Waals surface area contributed by atoms with Gasteiger partial charge in [-0.25, -0.2) is 4.99 Å². The van der Waals surface area contributed by atoms with Gasteiger partial charge in [0.1, 0.15) is 0 Å². The van der Waals surface area contributed by atoms with Gasteiger partial charge in [0.15, 0.2) is 0 Å². The first kappa shape index (κ1) is 12.4. The van der Waals surface area contributed by atoms with Crippen LogP contribution in [0.1, 0.15) is 17.5 Å². The number of anilines is 2. The van der Waals surface area contributed by atoms with E-state index >= 15 is 0 Å². The van der Waals surface area contributed by atoms with E-state index in [1.807, 2.05) is 30.3 Å². The quantitative estimate of drug-likeness (QED) is 0.805. The highest BCUT2D eigenvalue weighted by Gasteiger charge is 2.28. The van der Waals surface area contributed by atoms with Gasteiger partial charge in [0.25, 0.3) is 0 Å². The van der Waals surface area contributed by atoms with Crippen LogP contribution in [0.15, 0.2) is 53.5 Å². The SMILES string of the molecule is ON1C(N2CCCc3ccccc32)=NCc2ccccc21. The van der Waals surface area contributed by atoms with Crippen LogP contribution < -0.4 is 9.96 Å². The molecule has 4 heteroatoms. The van der Waals surface area contributed by atoms with Crippen LogP contribution in [0, 0.1) is 0 Å². The molecule has 21 heavy (non-hydrogen) atoms. The van der Waals surface area contributed by atoms with Gasteiger partial charge in [-0.15, -0.1) is 0 Å². The van der Waals surface area contributed by atoms with Crippen molar-refractivity contribution in [2.75, 3.05) is 16.5 Å². The summed E-state index contributed by atoms with van der Waals surface area (Å²) >= 11 is 0. The van der Waals surface area contributed by atoms with E-state index in [0.29, 0.717) is 12.5 Å². The lowest BCUT2D eigenvalue weighted by Gasteiger charge is -2.36. The number of aliphatic imine (C=N–C) groups is 1. The van der Waals surface area contributed by atoms with Crippen LogP contribution in [0.3, 0.4) is 0 Å². The molecule has 0 spiro atoms. The highest BCUT2D eigenvalue weighted by atomic mass is 16.5. The minimum atomic E-state index is 0.612. The fourth-order valence-corrected chi connectivity index (χ4v) is 3.12. The molecule has 0 amide bonds. The topological polar surface area (TPSA) is 39.1 Å². The third-order valence-corrected chi connectivity index (χ3v) is 4.15. The van der Waals surface area contributed by atoms with Crippen LogP contribution >= 0.6 is 0 Å². The number of guanidine groups is 1. The maximum Gasteiger partial charge on any atom is 0.230 e. The molecule has 2 aliphatic rings. The molecular weight excluding hydrogens is 262 g/mol. The number of benzene rings is 2. The second-order valence-corrected chi connectivity index (χ2v) is 5.44. The molecule has 0 atom stereocenters. The van der Waals surface area contributed by atoms with E-state index in [1.165, 1.54) is 10.6 Å². The molecule has 0 aliphatic carbocycles. The molecule has 0 saturated heterocycles. The van der Waals surface area contributed by atoms with Crippen molar-refractivity contribution in [1.82, 2.24) is 0 Å². The molecular formula is C17H17N3O. The Balaban J connectivity index is 1.74. The summed E-state index contributed by atoms with van der Waals surface area (Å²) in [5, 5.41) is 11.8. The second-order valence-electron chi connectivity index (χ2n) is 5.44. The smallest absolute Gasteiger partial charge is 0.230 e. The monoisotopic (exact) mass is 279 g/mol. The van der Waals surface area contributed by atoms with Crippen molar-refractivity contribution in [3.8, 4) is 0 Å². The Morgan fingerprint density at radius 3 is 2.48 bits per heavy atom. The van der Waals surface area contributed by atoms with E-state index in [0.717, 1.165) is 36.3 Å². The fraction of sp³-hybridized carbons (Fsp3) is 0.235. The molecule has 2 aromatic carbocycles. The molecule has 0 radical (unpaired) electrons. The zero-order chi connectivity index (χ0) is 14.2. The number of hydroxylamine groups is 1. The van der Waals surface area contributed by atoms with Crippen molar-refractivity contribution in [1.29, 1.82) is 0 Å². The molecule has 0 unspecified atom stereocenters. The van der Waals surface area contributed by atoms with Gasteiger partial charge in [-0.3, -0.25) is 5.21 Å². The van der Waals surface area contributed by atoms with Crippen LogP contribution in [-0.4, -0.2) is 17.7 Å². The number of para-hydroxylation sites is 2. The van der Waals surface area contributed by atoms with Crippen molar-refractivity contribution >= 4 is 17.3 Å². The summed E-state index contributed by atoms with van der Waals surface area (Å²) in [5.74, 6) is 0.626. The zero-order valence-corrected chi connectivity index (χ0v) is 11.7. The first-order valence-electron chi connectivity index (χ1n) is 7.31. The lowest BCUT2D eigenvalue weighted by atomic mass is 10.0. The minimum Gasteiger partial charge on any atom is -0.310 e. The predicted octanol–water partition coefficient (Wildman–Crippen LogP) is 3.20. The first-order valence-corrected chi connectivity index (χ1v) is 7.31. The standard InChI is InChI=1S/C17H17N3O/c21-20-16-10-4-2-7-14(16)12-18-17(20)19-11-5-8-13-6-1-3-9-15(13)19/h1-4,6-7,9-10,21H,5,8,11-12H2. The summed E-state index contributed by atoms with van der Waals surface area (Å²) in [6.07, 6.45) is 2.16. The molecule has 4 nitrogen and oxygen atoms in total. The van der Waals surface area contributed by atoms with E-state index in [9.17, 15) is 5.21 Å². The highest BCUT2D eigenvalue weighted by molar-refractivity contribution is 6.07. The van der Waals surface area contributed by atoms with Crippen LogP contribution in [0.5, 0.6) is 0 Å². The maximum absolute atomic E-state index is 10.6. The molecule has 0 fully saturated rings. The van der Waals surface area contributed by atoms with Crippen molar-refractivity contribution in [3.63, 3.8) is 0 Å². The van der Waals surface area contributed by atoms with E-state index in [4.69, 9.17) is 0 Å². The van der Waals surface area contributed by atoms with Gasteiger partial charge >= 0.3 is 0 Å². The summed E-state index contributed by atoms with van der Waals surface area (Å²) < 4.78 is 0. The van der Waals surface area contributed by atoms with Crippen molar-refractivity contribution in [3.05, 3.63) is 59.7 Å². The lowest BCUT2D eigenvalue weighted by molar-refractivity contribution is 0.306. The van der Waals surface area contributed by atoms with Crippen molar-refractivity contribution in [2.45, 2.75) is 19.4 Å². The van der Waals surface area contributed by atoms with Crippen LogP contribution in [0.4, 0.5) is 11.4 Å². The van der Waals surface area contributed by atoms with Gasteiger partial charge in [-0.1, -0.05) is 36.4 Å². The van der Waals surface area contributed by atoms with Gasteiger partial charge in [0.05, 0.1) is 12.2 Å². The van der Waals surface area contributed by atoms with Crippen LogP contribution in [0.25, 0.3) is 0 Å². The summed E-state index contributed by atoms with van der Waals surface area (Å²) in [7, 11) is 0. The van der Waals surface area contributed by atoms with Crippen molar-refractivity contribution < 1.29 is 5.21 Å². The molecule has 2 aliphatic heterocycles. The molecule has 1 N–H and O–H groups in total. The zero-order valence-electron chi connectivity index (χ0n) is 11.7. The molecule has 0 bridgehead atoms. The van der Waals surface area contributed by atoms with Gasteiger partial charge in [-0.2, -0.15) is 5.06 Å². The van der Waals surface area contributed by atoms with E-state index in [1.54, 1.807) is 0 Å². The average molecular weight is 279 g/mol. The molecule has 2 heterocycles. The number of hydrogen-bond acceptors (Lipinski definition) is 4. The third-order valence-electron chi connectivity index (χ3n) is 4.15. The summed E-state index contributed by atoms with van der Waals surface area (Å²) in [6, 6.07) is 16.2. The Bertz CT molecular complexity index is 711. The first-order chi connectivity index (χ1) is 10.3. The number of nitrogens with zero attached hydrogens (tertiary/aromatic N) is 3. The largest absolute Gasteiger partial charge is 0.310 e. The van der Waals surface area contributed by atoms with E-state index in [2.05, 4.69) is 28.1 Å². The van der Waals surface area contributed by atoms with E-state index in [-0.39, 0.29) is 0 Å². The van der Waals surface area contributed by atoms with Gasteiger partial charge in [-0.05, 0) is 36.1 Å². The van der Waals surface area contributed by atoms with Gasteiger partial charge in [0, 0.05) is 12.2 Å². The number of rotatable bonds is 0. The maximum atomic E-state index is 10.6. The second kappa shape index (κ2) is 4.90.